The van der Waals surface area contributed by atoms with Crippen LogP contribution in [-0.2, 0) is 18.9 Å². The van der Waals surface area contributed by atoms with E-state index < -0.39 is 74.6 Å². The van der Waals surface area contributed by atoms with Crippen LogP contribution in [0, 0.1) is 0 Å². The number of hydrogen-bond acceptors (Lipinski definition) is 11. The van der Waals surface area contributed by atoms with E-state index in [1.54, 1.807) is 0 Å². The molecule has 0 spiro atoms. The van der Waals surface area contributed by atoms with Crippen LogP contribution in [0.1, 0.15) is 0 Å². The van der Waals surface area contributed by atoms with Gasteiger partial charge in [0.15, 0.2) is 12.6 Å². The van der Waals surface area contributed by atoms with E-state index in [-0.39, 0.29) is 0 Å². The molecule has 2 heterocycles. The van der Waals surface area contributed by atoms with Gasteiger partial charge in [-0.1, -0.05) is 0 Å². The molecule has 0 aromatic heterocycles. The van der Waals surface area contributed by atoms with Gasteiger partial charge in [-0.25, -0.2) is 0 Å². The molecule has 7 N–H and O–H groups in total. The largest absolute Gasteiger partial charge is 0.394 e. The molecule has 2 fully saturated rings. The van der Waals surface area contributed by atoms with Gasteiger partial charge < -0.3 is 54.7 Å². The van der Waals surface area contributed by atoms with Crippen molar-refractivity contribution in [2.45, 2.75) is 61.4 Å². The van der Waals surface area contributed by atoms with E-state index >= 15 is 0 Å². The molecular formula is C13H24O11. The second-order valence-electron chi connectivity index (χ2n) is 5.74. The van der Waals surface area contributed by atoms with Crippen LogP contribution in [0.2, 0.25) is 0 Å². The Kier molecular flexibility index (Phi) is 6.87. The summed E-state index contributed by atoms with van der Waals surface area (Å²) in [4.78, 5) is 0. The van der Waals surface area contributed by atoms with Gasteiger partial charge in [0.25, 0.3) is 0 Å². The lowest BCUT2D eigenvalue weighted by atomic mass is 9.97. The van der Waals surface area contributed by atoms with Crippen molar-refractivity contribution in [1.82, 2.24) is 0 Å². The highest BCUT2D eigenvalue weighted by Gasteiger charge is 2.50. The lowest BCUT2D eigenvalue weighted by Crippen LogP contribution is -2.64. The summed E-state index contributed by atoms with van der Waals surface area (Å²) >= 11 is 0. The van der Waals surface area contributed by atoms with Crippen LogP contribution in [0.3, 0.4) is 0 Å². The van der Waals surface area contributed by atoms with Gasteiger partial charge in [0.1, 0.15) is 48.8 Å². The zero-order valence-corrected chi connectivity index (χ0v) is 13.0. The van der Waals surface area contributed by atoms with Crippen molar-refractivity contribution < 1.29 is 54.7 Å². The lowest BCUT2D eigenvalue weighted by Gasteiger charge is -2.45. The Labute approximate surface area is 137 Å². The maximum absolute atomic E-state index is 10.2. The van der Waals surface area contributed by atoms with Crippen molar-refractivity contribution in [1.29, 1.82) is 0 Å². The van der Waals surface area contributed by atoms with Gasteiger partial charge in [-0.2, -0.15) is 0 Å². The van der Waals surface area contributed by atoms with Crippen LogP contribution in [0.5, 0.6) is 0 Å². The molecule has 142 valence electrons. The van der Waals surface area contributed by atoms with Gasteiger partial charge in [0.2, 0.25) is 0 Å². The van der Waals surface area contributed by atoms with E-state index in [4.69, 9.17) is 24.1 Å². The monoisotopic (exact) mass is 356 g/mol. The Bertz CT molecular complexity index is 378. The van der Waals surface area contributed by atoms with Crippen LogP contribution < -0.4 is 0 Å². The van der Waals surface area contributed by atoms with Crippen LogP contribution >= 0.6 is 0 Å². The van der Waals surface area contributed by atoms with Crippen molar-refractivity contribution in [3.8, 4) is 0 Å². The van der Waals surface area contributed by atoms with Gasteiger partial charge in [-0.3, -0.25) is 0 Å². The number of ether oxygens (including phenoxy) is 4. The molecule has 0 amide bonds. The number of hydrogen-bond donors (Lipinski definition) is 7. The molecule has 0 aromatic carbocycles. The second-order valence-corrected chi connectivity index (χ2v) is 5.74. The van der Waals surface area contributed by atoms with E-state index in [0.29, 0.717) is 0 Å². The highest BCUT2D eigenvalue weighted by atomic mass is 16.7. The Morgan fingerprint density at radius 2 is 1.25 bits per heavy atom. The molecule has 24 heavy (non-hydrogen) atoms. The minimum absolute atomic E-state index is 0.581. The van der Waals surface area contributed by atoms with Crippen LogP contribution in [0.15, 0.2) is 0 Å². The van der Waals surface area contributed by atoms with E-state index in [1.165, 1.54) is 7.11 Å². The first-order valence-electron chi connectivity index (χ1n) is 7.46. The fourth-order valence-electron chi connectivity index (χ4n) is 2.74. The van der Waals surface area contributed by atoms with E-state index in [2.05, 4.69) is 0 Å². The third kappa shape index (κ3) is 3.71. The zero-order chi connectivity index (χ0) is 18.0. The first kappa shape index (κ1) is 19.9. The van der Waals surface area contributed by atoms with Crippen molar-refractivity contribution in [2.24, 2.45) is 0 Å². The van der Waals surface area contributed by atoms with E-state index in [1.807, 2.05) is 0 Å². The molecule has 2 aliphatic rings. The van der Waals surface area contributed by atoms with E-state index in [9.17, 15) is 30.6 Å². The smallest absolute Gasteiger partial charge is 0.187 e. The summed E-state index contributed by atoms with van der Waals surface area (Å²) in [6, 6.07) is 0. The van der Waals surface area contributed by atoms with Gasteiger partial charge >= 0.3 is 0 Å². The van der Waals surface area contributed by atoms with Gasteiger partial charge in [-0.05, 0) is 0 Å². The normalized spacial score (nSPS) is 50.0. The average molecular weight is 356 g/mol. The fourth-order valence-corrected chi connectivity index (χ4v) is 2.74. The Morgan fingerprint density at radius 3 is 1.79 bits per heavy atom. The fraction of sp³-hybridized carbons (Fsp3) is 1.00. The molecule has 2 aliphatic heterocycles. The standard InChI is InChI=1S/C13H24O11/c1-21-12-10(20)11(7(17)5(3-15)22-12)24-13-9(19)8(18)6(16)4(2-14)23-13/h4-20H,2-3H2,1H3/t4-,5-,6+,7+,8+,9-,10-,11+,12-,13+/m1/s1. The zero-order valence-electron chi connectivity index (χ0n) is 13.0. The molecule has 0 unspecified atom stereocenters. The van der Waals surface area contributed by atoms with Crippen LogP contribution in [-0.4, -0.2) is 117 Å². The van der Waals surface area contributed by atoms with Crippen LogP contribution in [0.25, 0.3) is 0 Å². The molecule has 0 aromatic rings. The summed E-state index contributed by atoms with van der Waals surface area (Å²) in [5, 5.41) is 68.1. The first-order chi connectivity index (χ1) is 11.3. The Morgan fingerprint density at radius 1 is 0.708 bits per heavy atom. The molecule has 2 rings (SSSR count). The molecule has 11 nitrogen and oxygen atoms in total. The molecular weight excluding hydrogens is 332 g/mol. The summed E-state index contributed by atoms with van der Waals surface area (Å²) in [5.41, 5.74) is 0. The maximum atomic E-state index is 10.2. The molecule has 2 saturated heterocycles. The summed E-state index contributed by atoms with van der Waals surface area (Å²) in [5.74, 6) is 0. The predicted molar refractivity (Wildman–Crippen MR) is 73.4 cm³/mol. The van der Waals surface area contributed by atoms with Crippen molar-refractivity contribution >= 4 is 0 Å². The number of aliphatic hydroxyl groups excluding tert-OH is 7. The first-order valence-corrected chi connectivity index (χ1v) is 7.46. The Balaban J connectivity index is 2.14. The minimum Gasteiger partial charge on any atom is -0.394 e. The summed E-state index contributed by atoms with van der Waals surface area (Å²) in [6.07, 6.45) is -14.4. The third-order valence-corrected chi connectivity index (χ3v) is 4.19. The molecule has 10 atom stereocenters. The highest BCUT2D eigenvalue weighted by Crippen LogP contribution is 2.29. The van der Waals surface area contributed by atoms with Gasteiger partial charge in [0.05, 0.1) is 13.2 Å². The highest BCUT2D eigenvalue weighted by molar-refractivity contribution is 4.93. The molecule has 0 aliphatic carbocycles. The molecule has 11 heteroatoms. The van der Waals surface area contributed by atoms with Crippen LogP contribution in [0.4, 0.5) is 0 Å². The molecule has 0 bridgehead atoms. The van der Waals surface area contributed by atoms with Crippen molar-refractivity contribution in [2.75, 3.05) is 20.3 Å². The number of aliphatic hydroxyl groups is 7. The molecule has 0 saturated carbocycles. The minimum atomic E-state index is -1.70. The van der Waals surface area contributed by atoms with Crippen molar-refractivity contribution in [3.05, 3.63) is 0 Å². The molecule has 0 radical (unpaired) electrons. The quantitative estimate of drug-likeness (QED) is 0.251. The predicted octanol–water partition coefficient (Wildman–Crippen LogP) is -4.74. The van der Waals surface area contributed by atoms with E-state index in [0.717, 1.165) is 0 Å². The summed E-state index contributed by atoms with van der Waals surface area (Å²) in [7, 11) is 1.24. The number of methoxy groups -OCH3 is 1. The SMILES string of the molecule is CO[C@@H]1O[C@H](CO)[C@H](O)[C@H](O[C@@H]2O[C@H](CO)[C@H](O)[C@H](O)[C@H]2O)[C@H]1O. The number of rotatable bonds is 5. The topological polar surface area (TPSA) is 179 Å². The second kappa shape index (κ2) is 8.29. The average Bonchev–Trinajstić information content (AvgIpc) is 2.58. The summed E-state index contributed by atoms with van der Waals surface area (Å²) < 4.78 is 20.6. The third-order valence-electron chi connectivity index (χ3n) is 4.19. The Hall–Kier alpha value is -0.440. The summed E-state index contributed by atoms with van der Waals surface area (Å²) in [6.45, 7) is -1.23. The maximum Gasteiger partial charge on any atom is 0.187 e. The lowest BCUT2D eigenvalue weighted by molar-refractivity contribution is -0.358. The van der Waals surface area contributed by atoms with Crippen molar-refractivity contribution in [3.63, 3.8) is 0 Å². The van der Waals surface area contributed by atoms with Gasteiger partial charge in [0, 0.05) is 7.11 Å². The van der Waals surface area contributed by atoms with Gasteiger partial charge in [-0.15, -0.1) is 0 Å².